The van der Waals surface area contributed by atoms with Gasteiger partial charge < -0.3 is 15.0 Å². The number of ether oxygens (including phenoxy) is 1. The molecule has 1 heterocycles. The number of carbonyl (C=O) groups excluding carboxylic acids is 1. The number of aromatic amines is 1. The van der Waals surface area contributed by atoms with Gasteiger partial charge >= 0.3 is 6.18 Å². The van der Waals surface area contributed by atoms with Gasteiger partial charge in [0, 0.05) is 25.8 Å². The van der Waals surface area contributed by atoms with E-state index in [1.165, 1.54) is 12.1 Å². The fourth-order valence-electron chi connectivity index (χ4n) is 2.99. The lowest BCUT2D eigenvalue weighted by atomic mass is 10.1. The highest BCUT2D eigenvalue weighted by atomic mass is 19.4. The minimum Gasteiger partial charge on any atom is -0.497 e. The summed E-state index contributed by atoms with van der Waals surface area (Å²) in [6.45, 7) is -0.0513. The van der Waals surface area contributed by atoms with Crippen molar-refractivity contribution < 1.29 is 22.7 Å². The van der Waals surface area contributed by atoms with Gasteiger partial charge in [-0.3, -0.25) is 9.59 Å². The Labute approximate surface area is 181 Å². The van der Waals surface area contributed by atoms with Crippen LogP contribution in [0.15, 0.2) is 53.3 Å². The molecule has 168 valence electrons. The summed E-state index contributed by atoms with van der Waals surface area (Å²) in [7, 11) is 1.56. The second kappa shape index (κ2) is 10.1. The number of benzene rings is 2. The van der Waals surface area contributed by atoms with Gasteiger partial charge in [-0.1, -0.05) is 24.3 Å². The third-order valence-electron chi connectivity index (χ3n) is 4.65. The van der Waals surface area contributed by atoms with Crippen LogP contribution >= 0.6 is 0 Å². The molecule has 10 heteroatoms. The number of halogens is 3. The van der Waals surface area contributed by atoms with E-state index >= 15 is 0 Å². The Morgan fingerprint density at radius 1 is 1.09 bits per heavy atom. The molecule has 0 saturated carbocycles. The van der Waals surface area contributed by atoms with Gasteiger partial charge in [-0.05, 0) is 35.4 Å². The zero-order valence-electron chi connectivity index (χ0n) is 17.2. The molecule has 3 aromatic rings. The van der Waals surface area contributed by atoms with Gasteiger partial charge in [-0.15, -0.1) is 10.2 Å². The third kappa shape index (κ3) is 6.40. The molecule has 0 radical (unpaired) electrons. The summed E-state index contributed by atoms with van der Waals surface area (Å²) < 4.78 is 43.4. The van der Waals surface area contributed by atoms with E-state index in [1.54, 1.807) is 13.2 Å². The Bertz CT molecular complexity index is 1150. The minimum absolute atomic E-state index is 0.0497. The number of nitrogens with zero attached hydrogens (tertiary/aromatic N) is 2. The highest BCUT2D eigenvalue weighted by Gasteiger charge is 2.30. The molecular formula is C22H21F3N4O3. The van der Waals surface area contributed by atoms with Crippen LogP contribution < -0.4 is 15.6 Å². The lowest BCUT2D eigenvalue weighted by Gasteiger charge is -2.09. The molecule has 0 saturated heterocycles. The number of H-pyrrole nitrogens is 1. The molecule has 3 rings (SSSR count). The van der Waals surface area contributed by atoms with Crippen LogP contribution in [0.4, 0.5) is 13.2 Å². The van der Waals surface area contributed by atoms with Crippen molar-refractivity contribution in [1.82, 2.24) is 20.5 Å². The fourth-order valence-corrected chi connectivity index (χ4v) is 2.99. The van der Waals surface area contributed by atoms with Gasteiger partial charge in [0.25, 0.3) is 5.56 Å². The average Bonchev–Trinajstić information content (AvgIpc) is 2.77. The van der Waals surface area contributed by atoms with Crippen molar-refractivity contribution in [1.29, 1.82) is 0 Å². The lowest BCUT2D eigenvalue weighted by molar-refractivity contribution is -0.137. The van der Waals surface area contributed by atoms with Gasteiger partial charge in [0.2, 0.25) is 5.91 Å². The number of hydrogen-bond acceptors (Lipinski definition) is 5. The van der Waals surface area contributed by atoms with E-state index in [2.05, 4.69) is 20.5 Å². The number of carbonyl (C=O) groups is 1. The maximum Gasteiger partial charge on any atom is 0.416 e. The summed E-state index contributed by atoms with van der Waals surface area (Å²) in [5.41, 5.74) is 0.0982. The molecule has 1 amide bonds. The number of rotatable bonds is 8. The molecule has 0 spiro atoms. The smallest absolute Gasteiger partial charge is 0.416 e. The van der Waals surface area contributed by atoms with Crippen molar-refractivity contribution in [3.63, 3.8) is 0 Å². The number of amides is 1. The quantitative estimate of drug-likeness (QED) is 0.555. The van der Waals surface area contributed by atoms with Crippen LogP contribution in [0.1, 0.15) is 34.6 Å². The van der Waals surface area contributed by atoms with Crippen LogP contribution in [-0.2, 0) is 30.4 Å². The predicted molar refractivity (Wildman–Crippen MR) is 110 cm³/mol. The molecule has 0 aliphatic heterocycles. The van der Waals surface area contributed by atoms with E-state index in [0.29, 0.717) is 23.6 Å². The van der Waals surface area contributed by atoms with Crippen LogP contribution in [0, 0.1) is 0 Å². The minimum atomic E-state index is -4.45. The van der Waals surface area contributed by atoms with Gasteiger partial charge in [0.1, 0.15) is 17.3 Å². The maximum atomic E-state index is 12.8. The van der Waals surface area contributed by atoms with Crippen molar-refractivity contribution in [3.8, 4) is 5.75 Å². The largest absolute Gasteiger partial charge is 0.497 e. The Kier molecular flexibility index (Phi) is 7.24. The summed E-state index contributed by atoms with van der Waals surface area (Å²) in [5.74, 6) is 0.649. The van der Waals surface area contributed by atoms with Gasteiger partial charge in [-0.25, -0.2) is 0 Å². The standard InChI is InChI=1S/C22H21F3N4O3/c1-32-17-7-3-4-14(11-17)12-19-27-21(31)18(28-29-19)8-9-20(30)26-13-15-5-2-6-16(10-15)22(23,24)25/h2-7,10-11H,8-9,12-13H2,1H3,(H,26,30)(H,27,29,31). The molecule has 32 heavy (non-hydrogen) atoms. The number of aryl methyl sites for hydroxylation is 1. The number of nitrogens with one attached hydrogen (secondary N) is 2. The Balaban J connectivity index is 1.53. The van der Waals surface area contributed by atoms with E-state index in [-0.39, 0.29) is 25.1 Å². The second-order valence-corrected chi connectivity index (χ2v) is 7.05. The first-order valence-electron chi connectivity index (χ1n) is 9.75. The highest BCUT2D eigenvalue weighted by molar-refractivity contribution is 5.76. The van der Waals surface area contributed by atoms with Crippen molar-refractivity contribution in [3.05, 3.63) is 87.1 Å². The average molecular weight is 446 g/mol. The first-order chi connectivity index (χ1) is 15.2. The molecule has 0 aliphatic rings. The van der Waals surface area contributed by atoms with E-state index in [1.807, 2.05) is 18.2 Å². The molecule has 2 aromatic carbocycles. The van der Waals surface area contributed by atoms with Crippen LogP contribution in [-0.4, -0.2) is 28.2 Å². The zero-order chi connectivity index (χ0) is 23.1. The topological polar surface area (TPSA) is 97.0 Å². The molecule has 0 bridgehead atoms. The number of aromatic nitrogens is 3. The fraction of sp³-hybridized carbons (Fsp3) is 0.273. The molecule has 0 fully saturated rings. The summed E-state index contributed by atoms with van der Waals surface area (Å²) in [5, 5.41) is 10.5. The van der Waals surface area contributed by atoms with Gasteiger partial charge in [0.05, 0.1) is 12.7 Å². The van der Waals surface area contributed by atoms with Crippen molar-refractivity contribution in [2.45, 2.75) is 32.0 Å². The Morgan fingerprint density at radius 3 is 2.56 bits per heavy atom. The predicted octanol–water partition coefficient (Wildman–Crippen LogP) is 3.03. The summed E-state index contributed by atoms with van der Waals surface area (Å²) in [6.07, 6.45) is -4.09. The summed E-state index contributed by atoms with van der Waals surface area (Å²) in [4.78, 5) is 27.0. The SMILES string of the molecule is COc1cccc(Cc2nnc(CCC(=O)NCc3cccc(C(F)(F)F)c3)c(=O)[nH]2)c1. The molecule has 0 aliphatic carbocycles. The van der Waals surface area contributed by atoms with Crippen LogP contribution in [0.25, 0.3) is 0 Å². The van der Waals surface area contributed by atoms with Crippen LogP contribution in [0.3, 0.4) is 0 Å². The number of methoxy groups -OCH3 is 1. The van der Waals surface area contributed by atoms with Crippen molar-refractivity contribution in [2.24, 2.45) is 0 Å². The lowest BCUT2D eigenvalue weighted by Crippen LogP contribution is -2.25. The number of hydrogen-bond donors (Lipinski definition) is 2. The van der Waals surface area contributed by atoms with E-state index < -0.39 is 23.2 Å². The Morgan fingerprint density at radius 2 is 1.84 bits per heavy atom. The molecule has 7 nitrogen and oxygen atoms in total. The van der Waals surface area contributed by atoms with E-state index in [9.17, 15) is 22.8 Å². The van der Waals surface area contributed by atoms with Gasteiger partial charge in [-0.2, -0.15) is 13.2 Å². The third-order valence-corrected chi connectivity index (χ3v) is 4.65. The van der Waals surface area contributed by atoms with E-state index in [0.717, 1.165) is 17.7 Å². The highest BCUT2D eigenvalue weighted by Crippen LogP contribution is 2.29. The molecule has 2 N–H and O–H groups in total. The first-order valence-corrected chi connectivity index (χ1v) is 9.75. The molecule has 1 aromatic heterocycles. The summed E-state index contributed by atoms with van der Waals surface area (Å²) >= 11 is 0. The molecule has 0 atom stereocenters. The van der Waals surface area contributed by atoms with Crippen LogP contribution in [0.2, 0.25) is 0 Å². The zero-order valence-corrected chi connectivity index (χ0v) is 17.2. The number of alkyl halides is 3. The Hall–Kier alpha value is -3.69. The maximum absolute atomic E-state index is 12.8. The van der Waals surface area contributed by atoms with E-state index in [4.69, 9.17) is 4.74 Å². The molecule has 0 unspecified atom stereocenters. The van der Waals surface area contributed by atoms with Crippen LogP contribution in [0.5, 0.6) is 5.75 Å². The first kappa shape index (κ1) is 23.0. The van der Waals surface area contributed by atoms with Gasteiger partial charge in [0.15, 0.2) is 0 Å². The van der Waals surface area contributed by atoms with Crippen molar-refractivity contribution in [2.75, 3.05) is 7.11 Å². The second-order valence-electron chi connectivity index (χ2n) is 7.05. The normalized spacial score (nSPS) is 11.2. The summed E-state index contributed by atoms with van der Waals surface area (Å²) in [6, 6.07) is 12.0. The van der Waals surface area contributed by atoms with Crippen molar-refractivity contribution >= 4 is 5.91 Å². The monoisotopic (exact) mass is 446 g/mol. The molecular weight excluding hydrogens is 425 g/mol.